The molecule has 25 heavy (non-hydrogen) atoms. The highest BCUT2D eigenvalue weighted by molar-refractivity contribution is 7.86. The Morgan fingerprint density at radius 1 is 1.08 bits per heavy atom. The molecule has 0 aromatic heterocycles. The highest BCUT2D eigenvalue weighted by atomic mass is 32.2. The molecule has 2 aliphatic rings. The summed E-state index contributed by atoms with van der Waals surface area (Å²) in [4.78, 5) is 14.4. The van der Waals surface area contributed by atoms with E-state index in [-0.39, 0.29) is 12.5 Å². The summed E-state index contributed by atoms with van der Waals surface area (Å²) >= 11 is 0. The first-order chi connectivity index (χ1) is 12.0. The minimum atomic E-state index is -3.59. The van der Waals surface area contributed by atoms with Gasteiger partial charge in [0.25, 0.3) is 10.2 Å². The van der Waals surface area contributed by atoms with Crippen LogP contribution in [0.2, 0.25) is 0 Å². The van der Waals surface area contributed by atoms with E-state index < -0.39 is 10.2 Å². The summed E-state index contributed by atoms with van der Waals surface area (Å²) in [7, 11) is -3.59. The zero-order valence-corrected chi connectivity index (χ0v) is 15.6. The van der Waals surface area contributed by atoms with Gasteiger partial charge in [-0.2, -0.15) is 17.0 Å². The summed E-state index contributed by atoms with van der Waals surface area (Å²) in [5, 5.41) is 0. The van der Waals surface area contributed by atoms with Crippen molar-refractivity contribution in [3.63, 3.8) is 0 Å². The van der Waals surface area contributed by atoms with Crippen molar-refractivity contribution in [2.75, 3.05) is 32.7 Å². The lowest BCUT2D eigenvalue weighted by atomic mass is 10.0. The number of likely N-dealkylation sites (tertiary alicyclic amines) is 1. The molecule has 1 aromatic carbocycles. The maximum absolute atomic E-state index is 12.9. The van der Waals surface area contributed by atoms with Crippen LogP contribution in [0.15, 0.2) is 30.3 Å². The number of hydrogen-bond donors (Lipinski definition) is 0. The molecule has 6 nitrogen and oxygen atoms in total. The summed E-state index contributed by atoms with van der Waals surface area (Å²) in [6.07, 6.45) is 2.88. The van der Waals surface area contributed by atoms with Crippen LogP contribution >= 0.6 is 0 Å². The van der Waals surface area contributed by atoms with Crippen LogP contribution in [0.25, 0.3) is 0 Å². The molecule has 2 heterocycles. The van der Waals surface area contributed by atoms with Crippen LogP contribution < -0.4 is 0 Å². The van der Waals surface area contributed by atoms with Gasteiger partial charge in [0.2, 0.25) is 5.91 Å². The third-order valence-corrected chi connectivity index (χ3v) is 6.92. The summed E-state index contributed by atoms with van der Waals surface area (Å²) in [5.74, 6) is 0.418. The topological polar surface area (TPSA) is 60.9 Å². The van der Waals surface area contributed by atoms with Gasteiger partial charge >= 0.3 is 0 Å². The van der Waals surface area contributed by atoms with Crippen molar-refractivity contribution in [2.24, 2.45) is 5.92 Å². The number of rotatable bonds is 4. The molecule has 2 saturated heterocycles. The van der Waals surface area contributed by atoms with E-state index in [0.29, 0.717) is 25.6 Å². The Hall–Kier alpha value is -1.44. The molecule has 0 aliphatic carbocycles. The quantitative estimate of drug-likeness (QED) is 0.816. The Morgan fingerprint density at radius 2 is 1.80 bits per heavy atom. The monoisotopic (exact) mass is 365 g/mol. The molecule has 0 bridgehead atoms. The maximum Gasteiger partial charge on any atom is 0.282 e. The van der Waals surface area contributed by atoms with Gasteiger partial charge in [-0.15, -0.1) is 0 Å². The number of nitrogens with zero attached hydrogens (tertiary/aromatic N) is 3. The highest BCUT2D eigenvalue weighted by Gasteiger charge is 2.35. The maximum atomic E-state index is 12.9. The van der Waals surface area contributed by atoms with E-state index in [4.69, 9.17) is 0 Å². The first kappa shape index (κ1) is 18.4. The van der Waals surface area contributed by atoms with Gasteiger partial charge in [0, 0.05) is 32.7 Å². The standard InChI is InChI=1S/C18H27N3O3S/c1-16-7-5-10-19(13-16)18(22)15-21-12-6-11-20(25(21,23)24)14-17-8-3-2-4-9-17/h2-4,8-9,16H,5-7,10-15H2,1H3/t16-/m1/s1. The van der Waals surface area contributed by atoms with E-state index in [2.05, 4.69) is 6.92 Å². The minimum absolute atomic E-state index is 0.0413. The Kier molecular flexibility index (Phi) is 5.76. The van der Waals surface area contributed by atoms with Crippen molar-refractivity contribution >= 4 is 16.1 Å². The third kappa shape index (κ3) is 4.40. The van der Waals surface area contributed by atoms with E-state index in [1.807, 2.05) is 35.2 Å². The van der Waals surface area contributed by atoms with Gasteiger partial charge < -0.3 is 4.90 Å². The van der Waals surface area contributed by atoms with Crippen LogP contribution in [0.1, 0.15) is 31.7 Å². The molecule has 2 fully saturated rings. The summed E-state index contributed by atoms with van der Waals surface area (Å²) in [6, 6.07) is 9.58. The number of carbonyl (C=O) groups excluding carboxylic acids is 1. The van der Waals surface area contributed by atoms with Gasteiger partial charge in [0.05, 0.1) is 6.54 Å². The van der Waals surface area contributed by atoms with Crippen molar-refractivity contribution in [3.8, 4) is 0 Å². The van der Waals surface area contributed by atoms with E-state index in [1.165, 1.54) is 8.61 Å². The van der Waals surface area contributed by atoms with Gasteiger partial charge in [0.15, 0.2) is 0 Å². The van der Waals surface area contributed by atoms with Crippen LogP contribution in [0.3, 0.4) is 0 Å². The predicted molar refractivity (Wildman–Crippen MR) is 96.9 cm³/mol. The van der Waals surface area contributed by atoms with Gasteiger partial charge in [-0.1, -0.05) is 37.3 Å². The third-order valence-electron chi connectivity index (χ3n) is 4.99. The average molecular weight is 365 g/mol. The Labute approximate surface area is 150 Å². The zero-order valence-electron chi connectivity index (χ0n) is 14.8. The summed E-state index contributed by atoms with van der Waals surface area (Å²) < 4.78 is 28.6. The molecular weight excluding hydrogens is 338 g/mol. The second-order valence-corrected chi connectivity index (χ2v) is 9.03. The minimum Gasteiger partial charge on any atom is -0.341 e. The highest BCUT2D eigenvalue weighted by Crippen LogP contribution is 2.21. The van der Waals surface area contributed by atoms with Crippen LogP contribution in [0.5, 0.6) is 0 Å². The molecule has 0 spiro atoms. The van der Waals surface area contributed by atoms with Crippen LogP contribution in [0, 0.1) is 5.92 Å². The molecule has 1 atom stereocenters. The fourth-order valence-electron chi connectivity index (χ4n) is 3.59. The molecule has 0 unspecified atom stereocenters. The lowest BCUT2D eigenvalue weighted by Crippen LogP contribution is -2.53. The second-order valence-electron chi connectivity index (χ2n) is 7.10. The van der Waals surface area contributed by atoms with Crippen molar-refractivity contribution in [3.05, 3.63) is 35.9 Å². The number of hydrogen-bond acceptors (Lipinski definition) is 3. The van der Waals surface area contributed by atoms with Crippen LogP contribution in [-0.2, 0) is 21.5 Å². The van der Waals surface area contributed by atoms with Gasteiger partial charge in [-0.05, 0) is 30.7 Å². The second kappa shape index (κ2) is 7.85. The Balaban J connectivity index is 1.66. The van der Waals surface area contributed by atoms with Gasteiger partial charge in [-0.25, -0.2) is 0 Å². The number of amides is 1. The van der Waals surface area contributed by atoms with E-state index in [1.54, 1.807) is 0 Å². The molecule has 0 radical (unpaired) electrons. The zero-order chi connectivity index (χ0) is 17.9. The molecular formula is C18H27N3O3S. The lowest BCUT2D eigenvalue weighted by Gasteiger charge is -2.36. The first-order valence-electron chi connectivity index (χ1n) is 9.04. The fourth-order valence-corrected chi connectivity index (χ4v) is 5.22. The average Bonchev–Trinajstić information content (AvgIpc) is 2.59. The van der Waals surface area contributed by atoms with Crippen molar-refractivity contribution in [1.29, 1.82) is 0 Å². The Bertz CT molecular complexity index is 693. The SMILES string of the molecule is C[C@@H]1CCCN(C(=O)CN2CCCN(Cc3ccccc3)S2(=O)=O)C1. The van der Waals surface area contributed by atoms with Crippen molar-refractivity contribution in [1.82, 2.24) is 13.5 Å². The molecule has 0 N–H and O–H groups in total. The summed E-state index contributed by atoms with van der Waals surface area (Å²) in [6.45, 7) is 4.85. The van der Waals surface area contributed by atoms with Gasteiger partial charge in [-0.3, -0.25) is 4.79 Å². The largest absolute Gasteiger partial charge is 0.341 e. The van der Waals surface area contributed by atoms with Crippen molar-refractivity contribution < 1.29 is 13.2 Å². The smallest absolute Gasteiger partial charge is 0.282 e. The van der Waals surface area contributed by atoms with Gasteiger partial charge in [0.1, 0.15) is 0 Å². The number of carbonyl (C=O) groups is 1. The van der Waals surface area contributed by atoms with E-state index in [0.717, 1.165) is 37.9 Å². The van der Waals surface area contributed by atoms with E-state index in [9.17, 15) is 13.2 Å². The normalized spacial score (nSPS) is 25.0. The molecule has 138 valence electrons. The van der Waals surface area contributed by atoms with Crippen molar-refractivity contribution in [2.45, 2.75) is 32.7 Å². The van der Waals surface area contributed by atoms with E-state index >= 15 is 0 Å². The molecule has 1 amide bonds. The Morgan fingerprint density at radius 3 is 2.52 bits per heavy atom. The molecule has 2 aliphatic heterocycles. The first-order valence-corrected chi connectivity index (χ1v) is 10.4. The molecule has 3 rings (SSSR count). The number of piperidine rings is 1. The number of benzene rings is 1. The fraction of sp³-hybridized carbons (Fsp3) is 0.611. The molecule has 7 heteroatoms. The molecule has 0 saturated carbocycles. The lowest BCUT2D eigenvalue weighted by molar-refractivity contribution is -0.133. The van der Waals surface area contributed by atoms with Crippen LogP contribution in [0.4, 0.5) is 0 Å². The summed E-state index contributed by atoms with van der Waals surface area (Å²) in [5.41, 5.74) is 0.962. The predicted octanol–water partition coefficient (Wildman–Crippen LogP) is 1.70. The molecule has 1 aromatic rings. The van der Waals surface area contributed by atoms with Crippen LogP contribution in [-0.4, -0.2) is 60.6 Å².